The molecule has 0 atom stereocenters. The van der Waals surface area contributed by atoms with Gasteiger partial charge >= 0.3 is 0 Å². The Kier molecular flexibility index (Phi) is 7.20. The molecule has 0 aliphatic heterocycles. The molecule has 3 aromatic carbocycles. The third-order valence-electron chi connectivity index (χ3n) is 4.94. The summed E-state index contributed by atoms with van der Waals surface area (Å²) in [5.74, 6) is 1.02. The van der Waals surface area contributed by atoms with Gasteiger partial charge in [-0.2, -0.15) is 13.5 Å². The molecule has 32 heavy (non-hydrogen) atoms. The summed E-state index contributed by atoms with van der Waals surface area (Å²) in [7, 11) is -2.26. The van der Waals surface area contributed by atoms with Gasteiger partial charge in [-0.3, -0.25) is 0 Å². The minimum atomic E-state index is -3.82. The molecule has 0 aromatic heterocycles. The number of sulfonamides is 1. The van der Waals surface area contributed by atoms with Crippen LogP contribution in [0.5, 0.6) is 11.5 Å². The van der Waals surface area contributed by atoms with Gasteiger partial charge in [0.15, 0.2) is 11.5 Å². The summed E-state index contributed by atoms with van der Waals surface area (Å²) >= 11 is 0. The van der Waals surface area contributed by atoms with Crippen LogP contribution < -0.4 is 14.3 Å². The Hall–Kier alpha value is -3.32. The number of nitrogens with zero attached hydrogens (tertiary/aromatic N) is 1. The minimum Gasteiger partial charge on any atom is -0.493 e. The first kappa shape index (κ1) is 23.3. The molecule has 0 radical (unpaired) electrons. The van der Waals surface area contributed by atoms with Crippen LogP contribution in [0.25, 0.3) is 0 Å². The normalized spacial score (nSPS) is 11.5. The van der Waals surface area contributed by atoms with E-state index in [-0.39, 0.29) is 4.90 Å². The number of hydrogen-bond acceptors (Lipinski definition) is 5. The molecule has 0 spiro atoms. The van der Waals surface area contributed by atoms with E-state index in [1.807, 2.05) is 50.2 Å². The van der Waals surface area contributed by atoms with E-state index in [0.717, 1.165) is 16.7 Å². The van der Waals surface area contributed by atoms with Crippen LogP contribution in [-0.4, -0.2) is 21.7 Å². The summed E-state index contributed by atoms with van der Waals surface area (Å²) in [5, 5.41) is 4.00. The number of benzene rings is 3. The lowest BCUT2D eigenvalue weighted by atomic mass is 10.1. The van der Waals surface area contributed by atoms with Crippen LogP contribution in [0, 0.1) is 27.7 Å². The van der Waals surface area contributed by atoms with Gasteiger partial charge in [-0.15, -0.1) is 0 Å². The number of aryl methyl sites for hydroxylation is 4. The van der Waals surface area contributed by atoms with Gasteiger partial charge in [0.25, 0.3) is 10.0 Å². The van der Waals surface area contributed by atoms with E-state index in [1.165, 1.54) is 6.21 Å². The van der Waals surface area contributed by atoms with Crippen molar-refractivity contribution in [3.05, 3.63) is 88.0 Å². The summed E-state index contributed by atoms with van der Waals surface area (Å²) in [5.41, 5.74) is 5.11. The Bertz CT molecular complexity index is 1230. The standard InChI is InChI=1S/C25H28N2O4S/c1-17-8-6-9-21(14-17)16-31-24-22(10-7-11-23(24)30-5)15-26-27-32(28,29)25-19(3)12-18(2)13-20(25)4/h6-15,27H,16H2,1-5H3/b26-15+. The van der Waals surface area contributed by atoms with Crippen molar-refractivity contribution in [1.29, 1.82) is 0 Å². The summed E-state index contributed by atoms with van der Waals surface area (Å²) in [4.78, 5) is 2.55. The molecular formula is C25H28N2O4S. The van der Waals surface area contributed by atoms with E-state index < -0.39 is 10.0 Å². The van der Waals surface area contributed by atoms with Crippen molar-refractivity contribution < 1.29 is 17.9 Å². The van der Waals surface area contributed by atoms with Crippen LogP contribution in [0.2, 0.25) is 0 Å². The largest absolute Gasteiger partial charge is 0.493 e. The summed E-state index contributed by atoms with van der Waals surface area (Å²) in [6, 6.07) is 17.1. The Morgan fingerprint density at radius 3 is 2.28 bits per heavy atom. The van der Waals surface area contributed by atoms with E-state index >= 15 is 0 Å². The van der Waals surface area contributed by atoms with Gasteiger partial charge in [-0.05, 0) is 56.5 Å². The van der Waals surface area contributed by atoms with Crippen LogP contribution >= 0.6 is 0 Å². The summed E-state index contributed by atoms with van der Waals surface area (Å²) < 4.78 is 37.1. The molecule has 7 heteroatoms. The molecule has 0 saturated carbocycles. The third-order valence-corrected chi connectivity index (χ3v) is 6.47. The zero-order chi connectivity index (χ0) is 23.3. The van der Waals surface area contributed by atoms with Crippen LogP contribution in [0.15, 0.2) is 64.6 Å². The predicted molar refractivity (Wildman–Crippen MR) is 127 cm³/mol. The lowest BCUT2D eigenvalue weighted by molar-refractivity contribution is 0.284. The highest BCUT2D eigenvalue weighted by molar-refractivity contribution is 7.89. The van der Waals surface area contributed by atoms with Gasteiger partial charge in [0.05, 0.1) is 18.2 Å². The maximum atomic E-state index is 12.8. The maximum absolute atomic E-state index is 12.8. The molecule has 3 aromatic rings. The van der Waals surface area contributed by atoms with Crippen LogP contribution in [0.4, 0.5) is 0 Å². The highest BCUT2D eigenvalue weighted by Gasteiger charge is 2.19. The first-order chi connectivity index (χ1) is 15.2. The van der Waals surface area contributed by atoms with Crippen molar-refractivity contribution in [1.82, 2.24) is 4.83 Å². The van der Waals surface area contributed by atoms with Gasteiger partial charge < -0.3 is 9.47 Å². The lowest BCUT2D eigenvalue weighted by Crippen LogP contribution is -2.20. The maximum Gasteiger partial charge on any atom is 0.277 e. The van der Waals surface area contributed by atoms with E-state index in [9.17, 15) is 8.42 Å². The van der Waals surface area contributed by atoms with Gasteiger partial charge in [0.2, 0.25) is 0 Å². The third kappa shape index (κ3) is 5.48. The summed E-state index contributed by atoms with van der Waals surface area (Å²) in [6.07, 6.45) is 1.42. The average Bonchev–Trinajstić information content (AvgIpc) is 2.71. The number of nitrogens with one attached hydrogen (secondary N) is 1. The molecule has 0 bridgehead atoms. The summed E-state index contributed by atoms with van der Waals surface area (Å²) in [6.45, 7) is 7.85. The average molecular weight is 453 g/mol. The van der Waals surface area contributed by atoms with Crippen molar-refractivity contribution in [2.24, 2.45) is 5.10 Å². The van der Waals surface area contributed by atoms with E-state index in [4.69, 9.17) is 9.47 Å². The Morgan fingerprint density at radius 1 is 0.938 bits per heavy atom. The van der Waals surface area contributed by atoms with Crippen LogP contribution in [0.3, 0.4) is 0 Å². The second kappa shape index (κ2) is 9.87. The van der Waals surface area contributed by atoms with Crippen molar-refractivity contribution in [3.8, 4) is 11.5 Å². The molecule has 168 valence electrons. The van der Waals surface area contributed by atoms with Gasteiger partial charge in [0, 0.05) is 5.56 Å². The molecular weight excluding hydrogens is 424 g/mol. The number of hydrazone groups is 1. The van der Waals surface area contributed by atoms with Crippen LogP contribution in [0.1, 0.15) is 33.4 Å². The van der Waals surface area contributed by atoms with E-state index in [2.05, 4.69) is 9.93 Å². The number of methoxy groups -OCH3 is 1. The van der Waals surface area contributed by atoms with Crippen molar-refractivity contribution in [2.75, 3.05) is 7.11 Å². The minimum absolute atomic E-state index is 0.238. The highest BCUT2D eigenvalue weighted by Crippen LogP contribution is 2.31. The number of rotatable bonds is 8. The highest BCUT2D eigenvalue weighted by atomic mass is 32.2. The number of para-hydroxylation sites is 1. The van der Waals surface area contributed by atoms with Crippen molar-refractivity contribution in [3.63, 3.8) is 0 Å². The Balaban J connectivity index is 1.84. The monoisotopic (exact) mass is 452 g/mol. The molecule has 0 saturated heterocycles. The zero-order valence-electron chi connectivity index (χ0n) is 19.0. The molecule has 0 amide bonds. The van der Waals surface area contributed by atoms with E-state index in [0.29, 0.717) is 34.8 Å². The van der Waals surface area contributed by atoms with Gasteiger partial charge in [-0.25, -0.2) is 4.83 Å². The fourth-order valence-corrected chi connectivity index (χ4v) is 4.96. The molecule has 1 N–H and O–H groups in total. The first-order valence-corrected chi connectivity index (χ1v) is 11.7. The SMILES string of the molecule is COc1cccc(/C=N/NS(=O)(=O)c2c(C)cc(C)cc2C)c1OCc1cccc(C)c1. The van der Waals surface area contributed by atoms with Gasteiger partial charge in [-0.1, -0.05) is 53.6 Å². The molecule has 3 rings (SSSR count). The molecule has 6 nitrogen and oxygen atoms in total. The number of hydrogen-bond donors (Lipinski definition) is 1. The number of ether oxygens (including phenoxy) is 2. The lowest BCUT2D eigenvalue weighted by Gasteiger charge is -2.14. The Labute approximate surface area is 190 Å². The molecule has 0 heterocycles. The quantitative estimate of drug-likeness (QED) is 0.393. The first-order valence-electron chi connectivity index (χ1n) is 10.2. The molecule has 0 unspecified atom stereocenters. The smallest absolute Gasteiger partial charge is 0.277 e. The van der Waals surface area contributed by atoms with Crippen molar-refractivity contribution in [2.45, 2.75) is 39.2 Å². The second-order valence-electron chi connectivity index (χ2n) is 7.74. The van der Waals surface area contributed by atoms with E-state index in [1.54, 1.807) is 39.2 Å². The molecule has 0 aliphatic carbocycles. The van der Waals surface area contributed by atoms with Crippen LogP contribution in [-0.2, 0) is 16.6 Å². The molecule has 0 aliphatic rings. The topological polar surface area (TPSA) is 77.0 Å². The fraction of sp³-hybridized carbons (Fsp3) is 0.240. The predicted octanol–water partition coefficient (Wildman–Crippen LogP) is 4.82. The zero-order valence-corrected chi connectivity index (χ0v) is 19.8. The van der Waals surface area contributed by atoms with Gasteiger partial charge in [0.1, 0.15) is 6.61 Å². The van der Waals surface area contributed by atoms with Crippen molar-refractivity contribution >= 4 is 16.2 Å². The molecule has 0 fully saturated rings. The second-order valence-corrected chi connectivity index (χ2v) is 9.33. The fourth-order valence-electron chi connectivity index (χ4n) is 3.71. The Morgan fingerprint density at radius 2 is 1.62 bits per heavy atom.